The second-order valence-electron chi connectivity index (χ2n) is 5.15. The van der Waals surface area contributed by atoms with Crippen molar-refractivity contribution in [2.45, 2.75) is 29.0 Å². The fourth-order valence-corrected chi connectivity index (χ4v) is 4.72. The molecule has 3 heterocycles. The van der Waals surface area contributed by atoms with Gasteiger partial charge in [-0.3, -0.25) is 0 Å². The van der Waals surface area contributed by atoms with Gasteiger partial charge in [0.2, 0.25) is 4.96 Å². The maximum atomic E-state index is 6.19. The van der Waals surface area contributed by atoms with Gasteiger partial charge in [-0.15, -0.1) is 15.3 Å². The van der Waals surface area contributed by atoms with Crippen molar-refractivity contribution in [3.8, 4) is 0 Å². The maximum absolute atomic E-state index is 6.19. The van der Waals surface area contributed by atoms with Crippen molar-refractivity contribution < 1.29 is 0 Å². The first-order valence-electron chi connectivity index (χ1n) is 7.13. The Morgan fingerprint density at radius 2 is 2.27 bits per heavy atom. The number of hydrogen-bond donors (Lipinski definition) is 1. The van der Waals surface area contributed by atoms with Crippen LogP contribution in [0.3, 0.4) is 0 Å². The van der Waals surface area contributed by atoms with Gasteiger partial charge in [0.1, 0.15) is 0 Å². The van der Waals surface area contributed by atoms with Gasteiger partial charge in [0.25, 0.3) is 0 Å². The van der Waals surface area contributed by atoms with Crippen molar-refractivity contribution in [2.75, 3.05) is 6.54 Å². The van der Waals surface area contributed by atoms with Crippen molar-refractivity contribution in [3.63, 3.8) is 0 Å². The molecule has 1 atom stereocenters. The minimum absolute atomic E-state index is 0.276. The zero-order valence-corrected chi connectivity index (χ0v) is 14.1. The molecule has 1 aliphatic heterocycles. The minimum atomic E-state index is 0.276. The number of benzene rings is 1. The van der Waals surface area contributed by atoms with Gasteiger partial charge in [-0.1, -0.05) is 52.9 Å². The van der Waals surface area contributed by atoms with Gasteiger partial charge in [-0.2, -0.15) is 4.52 Å². The van der Waals surface area contributed by atoms with E-state index < -0.39 is 0 Å². The Kier molecular flexibility index (Phi) is 4.04. The van der Waals surface area contributed by atoms with Crippen LogP contribution in [0.5, 0.6) is 0 Å². The Bertz CT molecular complexity index is 793. The zero-order chi connectivity index (χ0) is 14.9. The monoisotopic (exact) mass is 351 g/mol. The van der Waals surface area contributed by atoms with Crippen LogP contribution < -0.4 is 5.32 Å². The van der Waals surface area contributed by atoms with Crippen LogP contribution in [-0.4, -0.2) is 26.4 Å². The molecule has 4 rings (SSSR count). The third-order valence-corrected chi connectivity index (χ3v) is 6.13. The molecular formula is C14H14ClN5S2. The van der Waals surface area contributed by atoms with Crippen LogP contribution in [0.25, 0.3) is 4.96 Å². The zero-order valence-electron chi connectivity index (χ0n) is 11.7. The molecule has 0 aliphatic carbocycles. The average molecular weight is 352 g/mol. The molecular weight excluding hydrogens is 338 g/mol. The molecule has 0 saturated carbocycles. The first kappa shape index (κ1) is 14.4. The lowest BCUT2D eigenvalue weighted by Crippen LogP contribution is -2.16. The summed E-state index contributed by atoms with van der Waals surface area (Å²) in [5.41, 5.74) is 1.12. The summed E-state index contributed by atoms with van der Waals surface area (Å²) in [5, 5.41) is 17.4. The Balaban J connectivity index is 1.54. The minimum Gasteiger partial charge on any atom is -0.307 e. The Labute approximate surface area is 141 Å². The predicted molar refractivity (Wildman–Crippen MR) is 89.6 cm³/mol. The van der Waals surface area contributed by atoms with Gasteiger partial charge in [0.15, 0.2) is 10.2 Å². The van der Waals surface area contributed by atoms with Gasteiger partial charge < -0.3 is 5.32 Å². The molecule has 8 heteroatoms. The van der Waals surface area contributed by atoms with Crippen molar-refractivity contribution >= 4 is 39.7 Å². The summed E-state index contributed by atoms with van der Waals surface area (Å²) in [5.74, 6) is 1.73. The highest BCUT2D eigenvalue weighted by molar-refractivity contribution is 8.00. The third kappa shape index (κ3) is 2.74. The van der Waals surface area contributed by atoms with E-state index in [-0.39, 0.29) is 6.04 Å². The summed E-state index contributed by atoms with van der Waals surface area (Å²) in [6.45, 7) is 1.04. The lowest BCUT2D eigenvalue weighted by atomic mass is 10.2. The van der Waals surface area contributed by atoms with E-state index in [1.54, 1.807) is 23.1 Å². The average Bonchev–Trinajstić information content (AvgIpc) is 3.22. The van der Waals surface area contributed by atoms with Crippen molar-refractivity contribution in [2.24, 2.45) is 0 Å². The van der Waals surface area contributed by atoms with E-state index in [9.17, 15) is 0 Å². The van der Waals surface area contributed by atoms with E-state index in [1.165, 1.54) is 6.42 Å². The SMILES string of the molecule is Clc1ccccc1CSc1nn2c(C3CCCN3)nnc2s1. The maximum Gasteiger partial charge on any atom is 0.235 e. The normalized spacial score (nSPS) is 18.3. The van der Waals surface area contributed by atoms with Crippen LogP contribution in [0.1, 0.15) is 30.3 Å². The first-order valence-corrected chi connectivity index (χ1v) is 9.31. The Hall–Kier alpha value is -1.15. The van der Waals surface area contributed by atoms with Gasteiger partial charge in [-0.05, 0) is 31.0 Å². The third-order valence-electron chi connectivity index (χ3n) is 3.68. The van der Waals surface area contributed by atoms with E-state index in [0.717, 1.165) is 44.4 Å². The summed E-state index contributed by atoms with van der Waals surface area (Å²) in [6.07, 6.45) is 2.28. The van der Waals surface area contributed by atoms with Crippen LogP contribution in [0, 0.1) is 0 Å². The smallest absolute Gasteiger partial charge is 0.235 e. The molecule has 0 radical (unpaired) electrons. The highest BCUT2D eigenvalue weighted by Gasteiger charge is 2.23. The molecule has 1 fully saturated rings. The van der Waals surface area contributed by atoms with Crippen LogP contribution >= 0.6 is 34.7 Å². The van der Waals surface area contributed by atoms with Crippen molar-refractivity contribution in [1.29, 1.82) is 0 Å². The number of rotatable bonds is 4. The molecule has 0 amide bonds. The number of nitrogens with zero attached hydrogens (tertiary/aromatic N) is 4. The first-order chi connectivity index (χ1) is 10.8. The molecule has 1 saturated heterocycles. The lowest BCUT2D eigenvalue weighted by Gasteiger charge is -2.05. The molecule has 3 aromatic rings. The highest BCUT2D eigenvalue weighted by atomic mass is 35.5. The summed E-state index contributed by atoms with van der Waals surface area (Å²) < 4.78 is 2.87. The summed E-state index contributed by atoms with van der Waals surface area (Å²) in [7, 11) is 0. The Morgan fingerprint density at radius 1 is 1.36 bits per heavy atom. The van der Waals surface area contributed by atoms with Gasteiger partial charge in [-0.25, -0.2) is 0 Å². The van der Waals surface area contributed by atoms with Crippen LogP contribution in [0.2, 0.25) is 5.02 Å². The fraction of sp³-hybridized carbons (Fsp3) is 0.357. The number of hydrogen-bond acceptors (Lipinski definition) is 6. The second kappa shape index (κ2) is 6.16. The van der Waals surface area contributed by atoms with E-state index in [2.05, 4.69) is 20.6 Å². The molecule has 0 bridgehead atoms. The fourth-order valence-electron chi connectivity index (χ4n) is 2.55. The van der Waals surface area contributed by atoms with E-state index in [1.807, 2.05) is 28.8 Å². The number of aromatic nitrogens is 4. The van der Waals surface area contributed by atoms with E-state index in [4.69, 9.17) is 11.6 Å². The van der Waals surface area contributed by atoms with Crippen molar-refractivity contribution in [3.05, 3.63) is 40.7 Å². The standard InChI is InChI=1S/C14H14ClN5S2/c15-10-5-2-1-4-9(10)8-21-14-19-20-12(11-6-3-7-16-11)17-18-13(20)22-14/h1-2,4-5,11,16H,3,6-8H2. The molecule has 22 heavy (non-hydrogen) atoms. The molecule has 1 N–H and O–H groups in total. The molecule has 114 valence electrons. The quantitative estimate of drug-likeness (QED) is 0.728. The van der Waals surface area contributed by atoms with Gasteiger partial charge in [0.05, 0.1) is 6.04 Å². The lowest BCUT2D eigenvalue weighted by molar-refractivity contribution is 0.582. The summed E-state index contributed by atoms with van der Waals surface area (Å²) in [6, 6.07) is 8.19. The van der Waals surface area contributed by atoms with Gasteiger partial charge in [0, 0.05) is 10.8 Å². The predicted octanol–water partition coefficient (Wildman–Crippen LogP) is 3.56. The van der Waals surface area contributed by atoms with Crippen LogP contribution in [0.4, 0.5) is 0 Å². The van der Waals surface area contributed by atoms with Crippen molar-refractivity contribution in [1.82, 2.24) is 25.1 Å². The molecule has 2 aromatic heterocycles. The van der Waals surface area contributed by atoms with Gasteiger partial charge >= 0.3 is 0 Å². The second-order valence-corrected chi connectivity index (χ2v) is 7.74. The molecule has 1 aliphatic rings. The molecule has 1 unspecified atom stereocenters. The van der Waals surface area contributed by atoms with E-state index >= 15 is 0 Å². The summed E-state index contributed by atoms with van der Waals surface area (Å²) >= 11 is 9.45. The molecule has 5 nitrogen and oxygen atoms in total. The summed E-state index contributed by atoms with van der Waals surface area (Å²) in [4.78, 5) is 0.852. The van der Waals surface area contributed by atoms with Crippen LogP contribution in [-0.2, 0) is 5.75 Å². The topological polar surface area (TPSA) is 55.1 Å². The van der Waals surface area contributed by atoms with E-state index in [0.29, 0.717) is 0 Å². The largest absolute Gasteiger partial charge is 0.307 e. The number of thioether (sulfide) groups is 1. The molecule has 0 spiro atoms. The number of fused-ring (bicyclic) bond motifs is 1. The Morgan fingerprint density at radius 3 is 3.09 bits per heavy atom. The number of halogens is 1. The molecule has 1 aromatic carbocycles. The van der Waals surface area contributed by atoms with Crippen LogP contribution in [0.15, 0.2) is 28.6 Å². The highest BCUT2D eigenvalue weighted by Crippen LogP contribution is 2.31. The number of nitrogens with one attached hydrogen (secondary N) is 1.